The highest BCUT2D eigenvalue weighted by Gasteiger charge is 2.24. The summed E-state index contributed by atoms with van der Waals surface area (Å²) >= 11 is 4.80. The lowest BCUT2D eigenvalue weighted by atomic mass is 10.1. The fraction of sp³-hybridized carbons (Fsp3) is 0.0667. The van der Waals surface area contributed by atoms with Gasteiger partial charge in [0.15, 0.2) is 23.0 Å². The van der Waals surface area contributed by atoms with Crippen molar-refractivity contribution in [2.24, 2.45) is 20.4 Å². The van der Waals surface area contributed by atoms with E-state index in [1.54, 1.807) is 58.9 Å². The molecule has 9 aromatic rings. The number of anilines is 6. The second kappa shape index (κ2) is 22.6. The van der Waals surface area contributed by atoms with Gasteiger partial charge in [0.25, 0.3) is 0 Å². The number of rotatable bonds is 16. The standard InChI is InChI=1S/C60H46N6O4S3/c1-5-13-45(14-6-1)65(46-15-7-2-8-16-46)49-25-21-43(22-26-49)39-61-63-41-55-59-57(67-35-37-69-59)53(72-55)33-31-51-29-30-52(71-51)32-34-54-58-60(70-38-36-68-58)56(73-54)42-64-62-40-44-23-27-50(28-24-44)66(47-17-9-3-10-18-47)48-19-11-4-12-20-48/h1-34,39-42H,35-38H2/b33-31+,34-32+,61-39+,62-40+,63-41+,64-42+. The van der Waals surface area contributed by atoms with Crippen LogP contribution in [-0.4, -0.2) is 51.3 Å². The summed E-state index contributed by atoms with van der Waals surface area (Å²) in [6.45, 7) is 1.91. The van der Waals surface area contributed by atoms with Gasteiger partial charge in [-0.3, -0.25) is 0 Å². The highest BCUT2D eigenvalue weighted by molar-refractivity contribution is 7.16. The second-order valence-corrected chi connectivity index (χ2v) is 19.8. The zero-order chi connectivity index (χ0) is 49.0. The fourth-order valence-corrected chi connectivity index (χ4v) is 11.0. The van der Waals surface area contributed by atoms with Crippen LogP contribution in [0.5, 0.6) is 23.0 Å². The monoisotopic (exact) mass is 1010 g/mol. The van der Waals surface area contributed by atoms with E-state index in [1.807, 2.05) is 97.1 Å². The van der Waals surface area contributed by atoms with Gasteiger partial charge in [-0.2, -0.15) is 20.4 Å². The van der Waals surface area contributed by atoms with Gasteiger partial charge < -0.3 is 28.7 Å². The molecule has 2 aliphatic rings. The lowest BCUT2D eigenvalue weighted by Crippen LogP contribution is -2.15. The molecule has 0 unspecified atom stereocenters. The normalized spacial score (nSPS) is 13.4. The largest absolute Gasteiger partial charge is 0.485 e. The molecular formula is C60H46N6O4S3. The number of nitrogens with zero attached hydrogens (tertiary/aromatic N) is 6. The number of fused-ring (bicyclic) bond motifs is 2. The molecule has 6 aromatic carbocycles. The Bertz CT molecular complexity index is 3150. The molecule has 73 heavy (non-hydrogen) atoms. The van der Waals surface area contributed by atoms with Gasteiger partial charge in [0, 0.05) is 43.9 Å². The average Bonchev–Trinajstić information content (AvgIpc) is 4.17. The molecule has 3 aromatic heterocycles. The molecule has 0 spiro atoms. The molecule has 0 saturated heterocycles. The van der Waals surface area contributed by atoms with Crippen molar-refractivity contribution in [1.82, 2.24) is 0 Å². The van der Waals surface area contributed by atoms with Crippen molar-refractivity contribution in [2.75, 3.05) is 36.2 Å². The molecule has 0 bridgehead atoms. The number of hydrogen-bond acceptors (Lipinski definition) is 13. The van der Waals surface area contributed by atoms with Gasteiger partial charge in [-0.25, -0.2) is 0 Å². The number of para-hydroxylation sites is 4. The van der Waals surface area contributed by atoms with Crippen LogP contribution >= 0.6 is 34.0 Å². The highest BCUT2D eigenvalue weighted by Crippen LogP contribution is 2.46. The summed E-state index contributed by atoms with van der Waals surface area (Å²) in [5, 5.41) is 17.6. The van der Waals surface area contributed by atoms with E-state index in [9.17, 15) is 0 Å². The third kappa shape index (κ3) is 11.1. The molecule has 0 atom stereocenters. The van der Waals surface area contributed by atoms with Gasteiger partial charge in [-0.1, -0.05) is 97.1 Å². The minimum Gasteiger partial charge on any atom is -0.485 e. The van der Waals surface area contributed by atoms with E-state index in [0.717, 1.165) is 86.0 Å². The summed E-state index contributed by atoms with van der Waals surface area (Å²) in [5.41, 5.74) is 8.31. The third-order valence-electron chi connectivity index (χ3n) is 11.6. The Hall–Kier alpha value is -8.62. The maximum Gasteiger partial charge on any atom is 0.181 e. The molecule has 2 aliphatic heterocycles. The van der Waals surface area contributed by atoms with E-state index in [0.29, 0.717) is 37.9 Å². The molecule has 11 rings (SSSR count). The molecule has 5 heterocycles. The van der Waals surface area contributed by atoms with Gasteiger partial charge in [-0.05, 0) is 120 Å². The SMILES string of the molecule is C(=C\c1sc(/C=N/N=C/c2ccc(N(c3ccccc3)c3ccccc3)cc2)c2c1OCCO2)/c1ccc(/C=C/c2sc(/C=N/N=C/c3ccc(N(c4ccccc4)c4ccccc4)cc3)c3c2OCCO3)s1. The number of thiophene rings is 3. The topological polar surface area (TPSA) is 92.8 Å². The molecule has 10 nitrogen and oxygen atoms in total. The van der Waals surface area contributed by atoms with Crippen LogP contribution in [0.4, 0.5) is 34.1 Å². The summed E-state index contributed by atoms with van der Waals surface area (Å²) in [5.74, 6) is 2.84. The Morgan fingerprint density at radius 2 is 0.603 bits per heavy atom. The van der Waals surface area contributed by atoms with E-state index >= 15 is 0 Å². The highest BCUT2D eigenvalue weighted by atomic mass is 32.1. The maximum absolute atomic E-state index is 6.10. The van der Waals surface area contributed by atoms with Crippen LogP contribution in [0.1, 0.15) is 40.4 Å². The van der Waals surface area contributed by atoms with Crippen LogP contribution in [-0.2, 0) is 0 Å². The molecule has 0 aliphatic carbocycles. The van der Waals surface area contributed by atoms with E-state index in [1.165, 1.54) is 0 Å². The second-order valence-electron chi connectivity index (χ2n) is 16.5. The average molecular weight is 1010 g/mol. The lowest BCUT2D eigenvalue weighted by Gasteiger charge is -2.25. The smallest absolute Gasteiger partial charge is 0.181 e. The minimum atomic E-state index is 0.472. The first-order valence-corrected chi connectivity index (χ1v) is 26.1. The molecular weight excluding hydrogens is 965 g/mol. The van der Waals surface area contributed by atoms with Crippen molar-refractivity contribution in [3.05, 3.63) is 222 Å². The van der Waals surface area contributed by atoms with Crippen LogP contribution in [0.15, 0.2) is 202 Å². The molecule has 0 fully saturated rings. The van der Waals surface area contributed by atoms with E-state index in [4.69, 9.17) is 18.9 Å². The zero-order valence-electron chi connectivity index (χ0n) is 39.3. The van der Waals surface area contributed by atoms with Crippen molar-refractivity contribution in [2.45, 2.75) is 0 Å². The van der Waals surface area contributed by atoms with Crippen LogP contribution in [0.3, 0.4) is 0 Å². The van der Waals surface area contributed by atoms with Gasteiger partial charge >= 0.3 is 0 Å². The van der Waals surface area contributed by atoms with E-state index < -0.39 is 0 Å². The molecule has 0 saturated carbocycles. The quantitative estimate of drug-likeness (QED) is 0.0707. The van der Waals surface area contributed by atoms with Crippen molar-refractivity contribution in [3.63, 3.8) is 0 Å². The summed E-state index contributed by atoms with van der Waals surface area (Å²) < 4.78 is 24.4. The predicted octanol–water partition coefficient (Wildman–Crippen LogP) is 15.6. The van der Waals surface area contributed by atoms with E-state index in [-0.39, 0.29) is 0 Å². The van der Waals surface area contributed by atoms with Gasteiger partial charge in [0.1, 0.15) is 26.4 Å². The maximum atomic E-state index is 6.10. The van der Waals surface area contributed by atoms with Crippen molar-refractivity contribution >= 4 is 117 Å². The minimum absolute atomic E-state index is 0.472. The van der Waals surface area contributed by atoms with Crippen molar-refractivity contribution in [1.29, 1.82) is 0 Å². The Labute approximate surface area is 435 Å². The number of hydrogen-bond donors (Lipinski definition) is 0. The summed E-state index contributed by atoms with van der Waals surface area (Å²) in [6, 6.07) is 62.1. The first-order chi connectivity index (χ1) is 36.2. The van der Waals surface area contributed by atoms with Crippen LogP contribution in [0.25, 0.3) is 24.3 Å². The third-order valence-corrected chi connectivity index (χ3v) is 14.7. The van der Waals surface area contributed by atoms with Gasteiger partial charge in [0.2, 0.25) is 0 Å². The summed E-state index contributed by atoms with van der Waals surface area (Å²) in [6.07, 6.45) is 15.3. The summed E-state index contributed by atoms with van der Waals surface area (Å²) in [4.78, 5) is 10.2. The molecule has 358 valence electrons. The van der Waals surface area contributed by atoms with E-state index in [2.05, 4.69) is 139 Å². The van der Waals surface area contributed by atoms with Crippen LogP contribution in [0, 0.1) is 0 Å². The number of benzene rings is 6. The van der Waals surface area contributed by atoms with Gasteiger partial charge in [0.05, 0.1) is 44.4 Å². The lowest BCUT2D eigenvalue weighted by molar-refractivity contribution is 0.173. The molecule has 0 N–H and O–H groups in total. The van der Waals surface area contributed by atoms with Crippen LogP contribution < -0.4 is 28.7 Å². The zero-order valence-corrected chi connectivity index (χ0v) is 41.8. The summed E-state index contributed by atoms with van der Waals surface area (Å²) in [7, 11) is 0. The van der Waals surface area contributed by atoms with Crippen molar-refractivity contribution in [3.8, 4) is 23.0 Å². The Morgan fingerprint density at radius 1 is 0.301 bits per heavy atom. The first kappa shape index (κ1) is 46.7. The Kier molecular flexibility index (Phi) is 14.5. The van der Waals surface area contributed by atoms with Crippen molar-refractivity contribution < 1.29 is 18.9 Å². The predicted molar refractivity (Wildman–Crippen MR) is 305 cm³/mol. The van der Waals surface area contributed by atoms with Crippen LogP contribution in [0.2, 0.25) is 0 Å². The Balaban J connectivity index is 0.730. The fourth-order valence-electron chi connectivity index (χ4n) is 8.24. The molecule has 0 radical (unpaired) electrons. The van der Waals surface area contributed by atoms with Gasteiger partial charge in [-0.15, -0.1) is 34.0 Å². The molecule has 13 heteroatoms. The molecule has 0 amide bonds. The Morgan fingerprint density at radius 3 is 0.945 bits per heavy atom. The first-order valence-electron chi connectivity index (χ1n) is 23.6. The number of ether oxygens (including phenoxy) is 4.